The van der Waals surface area contributed by atoms with Crippen LogP contribution in [0.5, 0.6) is 5.75 Å². The number of nitro benzene ring substituents is 1. The molecule has 33 heavy (non-hydrogen) atoms. The van der Waals surface area contributed by atoms with Gasteiger partial charge >= 0.3 is 5.91 Å². The summed E-state index contributed by atoms with van der Waals surface area (Å²) in [5, 5.41) is 26.4. The second-order valence-corrected chi connectivity index (χ2v) is 7.57. The molecule has 1 saturated heterocycles. The Bertz CT molecular complexity index is 1330. The number of amides is 1. The highest BCUT2D eigenvalue weighted by Gasteiger charge is 2.48. The molecule has 2 aromatic carbocycles. The van der Waals surface area contributed by atoms with Gasteiger partial charge in [0.05, 0.1) is 28.7 Å². The van der Waals surface area contributed by atoms with E-state index in [1.807, 2.05) is 0 Å². The van der Waals surface area contributed by atoms with Gasteiger partial charge in [0.2, 0.25) is 0 Å². The highest BCUT2D eigenvalue weighted by Crippen LogP contribution is 2.43. The number of non-ortho nitro benzene ring substituents is 1. The van der Waals surface area contributed by atoms with Gasteiger partial charge in [-0.2, -0.15) is 0 Å². The van der Waals surface area contributed by atoms with E-state index in [9.17, 15) is 24.8 Å². The third kappa shape index (κ3) is 3.80. The van der Waals surface area contributed by atoms with E-state index in [4.69, 9.17) is 20.9 Å². The molecule has 0 radical (unpaired) electrons. The number of hydrogen-bond acceptors (Lipinski definition) is 8. The van der Waals surface area contributed by atoms with Crippen LogP contribution in [0.15, 0.2) is 58.6 Å². The van der Waals surface area contributed by atoms with Crippen molar-refractivity contribution in [2.45, 2.75) is 13.0 Å². The smallest absolute Gasteiger partial charge is 0.301 e. The number of Topliss-reactive ketones (excluding diaryl/α,β-unsaturated/α-hetero) is 1. The summed E-state index contributed by atoms with van der Waals surface area (Å²) < 4.78 is 10.2. The van der Waals surface area contributed by atoms with E-state index in [0.29, 0.717) is 11.5 Å². The van der Waals surface area contributed by atoms with Crippen molar-refractivity contribution in [1.82, 2.24) is 5.16 Å². The normalized spacial score (nSPS) is 17.4. The molecule has 3 aromatic rings. The summed E-state index contributed by atoms with van der Waals surface area (Å²) in [5.41, 5.74) is -0.139. The van der Waals surface area contributed by atoms with Crippen molar-refractivity contribution in [2.75, 3.05) is 12.0 Å². The van der Waals surface area contributed by atoms with Crippen molar-refractivity contribution in [3.63, 3.8) is 0 Å². The first-order valence-electron chi connectivity index (χ1n) is 9.55. The minimum atomic E-state index is -1.20. The Labute approximate surface area is 191 Å². The SMILES string of the molecule is COc1ccc(C(O)=C2C(=O)C(=O)N(c3cc(C)on3)[C@H]2c2cccc([N+](=O)[O-])c2)cc1Cl. The maximum Gasteiger partial charge on any atom is 0.301 e. The molecule has 1 aliphatic heterocycles. The number of aromatic nitrogens is 1. The summed E-state index contributed by atoms with van der Waals surface area (Å²) in [6.07, 6.45) is 0. The Kier molecular flexibility index (Phi) is 5.60. The van der Waals surface area contributed by atoms with Crippen molar-refractivity contribution in [3.05, 3.63) is 86.1 Å². The number of nitrogens with zero attached hydrogens (tertiary/aromatic N) is 3. The van der Waals surface area contributed by atoms with Crippen LogP contribution in [0.1, 0.15) is 22.9 Å². The lowest BCUT2D eigenvalue weighted by Crippen LogP contribution is -2.29. The number of rotatable bonds is 5. The number of methoxy groups -OCH3 is 1. The molecule has 0 bridgehead atoms. The first-order chi connectivity index (χ1) is 15.7. The molecule has 168 valence electrons. The third-order valence-electron chi connectivity index (χ3n) is 5.13. The van der Waals surface area contributed by atoms with Gasteiger partial charge in [0.15, 0.2) is 5.82 Å². The number of hydrogen-bond donors (Lipinski definition) is 1. The maximum atomic E-state index is 13.1. The Balaban J connectivity index is 1.96. The van der Waals surface area contributed by atoms with Gasteiger partial charge in [-0.05, 0) is 30.7 Å². The zero-order valence-corrected chi connectivity index (χ0v) is 18.1. The molecule has 0 aliphatic carbocycles. The van der Waals surface area contributed by atoms with Gasteiger partial charge in [0.1, 0.15) is 17.3 Å². The topological polar surface area (TPSA) is 136 Å². The lowest BCUT2D eigenvalue weighted by molar-refractivity contribution is -0.384. The number of aliphatic hydroxyl groups is 1. The molecule has 1 fully saturated rings. The number of ether oxygens (including phenoxy) is 1. The summed E-state index contributed by atoms with van der Waals surface area (Å²) in [7, 11) is 1.43. The van der Waals surface area contributed by atoms with Crippen LogP contribution in [0, 0.1) is 17.0 Å². The molecule has 10 nitrogen and oxygen atoms in total. The number of nitro groups is 1. The Morgan fingerprint density at radius 3 is 2.61 bits per heavy atom. The van der Waals surface area contributed by atoms with Crippen molar-refractivity contribution in [2.24, 2.45) is 0 Å². The molecular formula is C22H16ClN3O7. The molecular weight excluding hydrogens is 454 g/mol. The van der Waals surface area contributed by atoms with Crippen LogP contribution in [0.2, 0.25) is 5.02 Å². The van der Waals surface area contributed by atoms with Gasteiger partial charge in [-0.3, -0.25) is 24.6 Å². The van der Waals surface area contributed by atoms with E-state index in [2.05, 4.69) is 5.16 Å². The Morgan fingerprint density at radius 2 is 2.00 bits per heavy atom. The highest BCUT2D eigenvalue weighted by molar-refractivity contribution is 6.51. The lowest BCUT2D eigenvalue weighted by Gasteiger charge is -2.22. The monoisotopic (exact) mass is 469 g/mol. The molecule has 1 aliphatic rings. The number of carbonyl (C=O) groups excluding carboxylic acids is 2. The first-order valence-corrected chi connectivity index (χ1v) is 9.93. The lowest BCUT2D eigenvalue weighted by atomic mass is 9.95. The predicted molar refractivity (Wildman–Crippen MR) is 117 cm³/mol. The summed E-state index contributed by atoms with van der Waals surface area (Å²) >= 11 is 6.16. The van der Waals surface area contributed by atoms with Crippen molar-refractivity contribution in [1.29, 1.82) is 0 Å². The molecule has 11 heteroatoms. The average molecular weight is 470 g/mol. The van der Waals surface area contributed by atoms with Crippen molar-refractivity contribution >= 4 is 40.6 Å². The Hall–Kier alpha value is -4.18. The summed E-state index contributed by atoms with van der Waals surface area (Å²) in [6.45, 7) is 1.61. The van der Waals surface area contributed by atoms with Crippen LogP contribution in [0.4, 0.5) is 11.5 Å². The van der Waals surface area contributed by atoms with Crippen molar-refractivity contribution < 1.29 is 28.9 Å². The van der Waals surface area contributed by atoms with Crippen molar-refractivity contribution in [3.8, 4) is 5.75 Å². The van der Waals surface area contributed by atoms with Gasteiger partial charge in [0.25, 0.3) is 11.5 Å². The fourth-order valence-corrected chi connectivity index (χ4v) is 3.89. The van der Waals surface area contributed by atoms with Crippen LogP contribution in [-0.2, 0) is 9.59 Å². The number of carbonyl (C=O) groups is 2. The van der Waals surface area contributed by atoms with E-state index in [1.165, 1.54) is 55.6 Å². The van der Waals surface area contributed by atoms with E-state index in [0.717, 1.165) is 4.90 Å². The van der Waals surface area contributed by atoms with E-state index in [1.54, 1.807) is 6.92 Å². The molecule has 1 N–H and O–H groups in total. The fraction of sp³-hybridized carbons (Fsp3) is 0.136. The number of aliphatic hydroxyl groups excluding tert-OH is 1. The highest BCUT2D eigenvalue weighted by atomic mass is 35.5. The largest absolute Gasteiger partial charge is 0.507 e. The van der Waals surface area contributed by atoms with Crippen LogP contribution in [0.3, 0.4) is 0 Å². The molecule has 4 rings (SSSR count). The molecule has 1 amide bonds. The number of halogens is 1. The van der Waals surface area contributed by atoms with Gasteiger partial charge in [-0.15, -0.1) is 0 Å². The van der Waals surface area contributed by atoms with Crippen LogP contribution < -0.4 is 9.64 Å². The second-order valence-electron chi connectivity index (χ2n) is 7.17. The summed E-state index contributed by atoms with van der Waals surface area (Å²) in [5.74, 6) is -1.71. The standard InChI is InChI=1S/C22H16ClN3O7/c1-11-8-17(24-33-11)25-19(12-4-3-5-14(9-12)26(30)31)18(21(28)22(25)29)20(27)13-6-7-16(32-2)15(23)10-13/h3-10,19,27H,1-2H3/t19-/m0/s1. The van der Waals surface area contributed by atoms with Crippen LogP contribution in [-0.4, -0.2) is 34.0 Å². The molecule has 1 atom stereocenters. The van der Waals surface area contributed by atoms with E-state index < -0.39 is 28.4 Å². The molecule has 1 aromatic heterocycles. The number of aryl methyl sites for hydroxylation is 1. The van der Waals surface area contributed by atoms with Crippen LogP contribution in [0.25, 0.3) is 5.76 Å². The maximum absolute atomic E-state index is 13.1. The fourth-order valence-electron chi connectivity index (χ4n) is 3.63. The molecule has 0 saturated carbocycles. The zero-order valence-electron chi connectivity index (χ0n) is 17.3. The third-order valence-corrected chi connectivity index (χ3v) is 5.42. The minimum absolute atomic E-state index is 0.0259. The zero-order chi connectivity index (χ0) is 23.9. The van der Waals surface area contributed by atoms with Crippen LogP contribution >= 0.6 is 11.6 Å². The number of benzene rings is 2. The molecule has 0 unspecified atom stereocenters. The van der Waals surface area contributed by atoms with E-state index >= 15 is 0 Å². The average Bonchev–Trinajstić information content (AvgIpc) is 3.34. The van der Waals surface area contributed by atoms with Gasteiger partial charge in [-0.25, -0.2) is 0 Å². The summed E-state index contributed by atoms with van der Waals surface area (Å²) in [6, 6.07) is 10.0. The predicted octanol–water partition coefficient (Wildman–Crippen LogP) is 4.18. The molecule has 2 heterocycles. The summed E-state index contributed by atoms with van der Waals surface area (Å²) in [4.78, 5) is 37.8. The minimum Gasteiger partial charge on any atom is -0.507 e. The van der Waals surface area contributed by atoms with E-state index in [-0.39, 0.29) is 33.2 Å². The first kappa shape index (κ1) is 22.0. The quantitative estimate of drug-likeness (QED) is 0.193. The van der Waals surface area contributed by atoms with Gasteiger partial charge < -0.3 is 14.4 Å². The van der Waals surface area contributed by atoms with Gasteiger partial charge in [-0.1, -0.05) is 28.9 Å². The molecule has 0 spiro atoms. The number of anilines is 1. The Morgan fingerprint density at radius 1 is 1.24 bits per heavy atom. The van der Waals surface area contributed by atoms with Gasteiger partial charge in [0, 0.05) is 23.8 Å². The second kappa shape index (κ2) is 8.40. The number of ketones is 1.